The lowest BCUT2D eigenvalue weighted by Gasteiger charge is -2.45. The van der Waals surface area contributed by atoms with Crippen molar-refractivity contribution in [3.05, 3.63) is 12.7 Å². The lowest BCUT2D eigenvalue weighted by atomic mass is 9.95. The topological polar surface area (TPSA) is 47.6 Å². The van der Waals surface area contributed by atoms with Crippen molar-refractivity contribution < 1.29 is 4.79 Å². The smallest absolute Gasteiger partial charge is 0.241 e. The third-order valence-corrected chi connectivity index (χ3v) is 6.16. The molecule has 1 saturated carbocycles. The molecule has 0 aromatic rings. The van der Waals surface area contributed by atoms with Gasteiger partial charge in [0, 0.05) is 38.5 Å². The summed E-state index contributed by atoms with van der Waals surface area (Å²) >= 11 is 5.54. The first-order valence-electron chi connectivity index (χ1n) is 9.26. The summed E-state index contributed by atoms with van der Waals surface area (Å²) in [6, 6.07) is 0.518. The first-order valence-corrected chi connectivity index (χ1v) is 9.67. The van der Waals surface area contributed by atoms with E-state index in [0.29, 0.717) is 18.5 Å². The molecule has 3 rings (SSSR count). The summed E-state index contributed by atoms with van der Waals surface area (Å²) in [4.78, 5) is 17.2. The SMILES string of the molecule is C=CCN1C(=O)[C@@H]([C@H](C)CC)NC12CCN(C(=S)NC1CC1)CC2. The van der Waals surface area contributed by atoms with E-state index in [-0.39, 0.29) is 17.6 Å². The maximum atomic E-state index is 12.9. The molecule has 2 atom stereocenters. The Balaban J connectivity index is 1.68. The van der Waals surface area contributed by atoms with Crippen LogP contribution in [0.25, 0.3) is 0 Å². The van der Waals surface area contributed by atoms with Gasteiger partial charge in [-0.15, -0.1) is 6.58 Å². The second-order valence-corrected chi connectivity index (χ2v) is 7.87. The molecule has 0 aromatic heterocycles. The number of likely N-dealkylation sites (tertiary alicyclic amines) is 1. The summed E-state index contributed by atoms with van der Waals surface area (Å²) < 4.78 is 0. The van der Waals surface area contributed by atoms with Gasteiger partial charge in [0.05, 0.1) is 11.7 Å². The molecule has 2 heterocycles. The average molecular weight is 351 g/mol. The van der Waals surface area contributed by atoms with Gasteiger partial charge in [0.1, 0.15) is 0 Å². The van der Waals surface area contributed by atoms with Crippen LogP contribution in [0.2, 0.25) is 0 Å². The normalized spacial score (nSPS) is 27.4. The Hall–Kier alpha value is -1.14. The summed E-state index contributed by atoms with van der Waals surface area (Å²) in [6.07, 6.45) is 7.13. The Morgan fingerprint density at radius 2 is 2.17 bits per heavy atom. The number of hydrogen-bond acceptors (Lipinski definition) is 3. The molecular formula is C18H30N4OS. The van der Waals surface area contributed by atoms with Gasteiger partial charge in [0.25, 0.3) is 0 Å². The molecule has 1 spiro atoms. The third-order valence-electron chi connectivity index (χ3n) is 5.78. The maximum Gasteiger partial charge on any atom is 0.241 e. The van der Waals surface area contributed by atoms with Crippen LogP contribution >= 0.6 is 12.2 Å². The zero-order valence-corrected chi connectivity index (χ0v) is 15.7. The monoisotopic (exact) mass is 350 g/mol. The highest BCUT2D eigenvalue weighted by atomic mass is 32.1. The van der Waals surface area contributed by atoms with Gasteiger partial charge < -0.3 is 15.1 Å². The fourth-order valence-electron chi connectivity index (χ4n) is 3.81. The molecule has 1 aliphatic carbocycles. The van der Waals surface area contributed by atoms with Crippen LogP contribution in [0.3, 0.4) is 0 Å². The summed E-state index contributed by atoms with van der Waals surface area (Å²) in [6.45, 7) is 10.5. The molecule has 134 valence electrons. The zero-order valence-electron chi connectivity index (χ0n) is 14.9. The molecule has 2 saturated heterocycles. The Bertz CT molecular complexity index is 511. The highest BCUT2D eigenvalue weighted by Crippen LogP contribution is 2.35. The van der Waals surface area contributed by atoms with Crippen molar-refractivity contribution in [3.63, 3.8) is 0 Å². The molecule has 0 bridgehead atoms. The van der Waals surface area contributed by atoms with Crippen LogP contribution in [-0.4, -0.2) is 58.2 Å². The lowest BCUT2D eigenvalue weighted by Crippen LogP contribution is -2.60. The van der Waals surface area contributed by atoms with Crippen LogP contribution in [0.4, 0.5) is 0 Å². The van der Waals surface area contributed by atoms with Crippen LogP contribution in [0.1, 0.15) is 46.0 Å². The Morgan fingerprint density at radius 3 is 2.71 bits per heavy atom. The second kappa shape index (κ2) is 7.00. The van der Waals surface area contributed by atoms with Gasteiger partial charge in [-0.3, -0.25) is 10.1 Å². The number of rotatable bonds is 5. The first-order chi connectivity index (χ1) is 11.5. The number of piperidine rings is 1. The van der Waals surface area contributed by atoms with Crippen molar-refractivity contribution >= 4 is 23.2 Å². The second-order valence-electron chi connectivity index (χ2n) is 7.49. The van der Waals surface area contributed by atoms with Crippen LogP contribution in [0.15, 0.2) is 12.7 Å². The summed E-state index contributed by atoms with van der Waals surface area (Å²) in [7, 11) is 0. The van der Waals surface area contributed by atoms with E-state index < -0.39 is 0 Å². The zero-order chi connectivity index (χ0) is 17.3. The number of amides is 1. The molecule has 3 fully saturated rings. The molecule has 5 nitrogen and oxygen atoms in total. The molecule has 0 aromatic carbocycles. The van der Waals surface area contributed by atoms with Gasteiger partial charge in [0.15, 0.2) is 5.11 Å². The van der Waals surface area contributed by atoms with E-state index in [1.807, 2.05) is 11.0 Å². The molecule has 6 heteroatoms. The van der Waals surface area contributed by atoms with Gasteiger partial charge in [-0.05, 0) is 31.0 Å². The number of nitrogens with one attached hydrogen (secondary N) is 2. The Kier molecular flexibility index (Phi) is 5.16. The van der Waals surface area contributed by atoms with Crippen LogP contribution in [0, 0.1) is 5.92 Å². The predicted octanol–water partition coefficient (Wildman–Crippen LogP) is 1.85. The number of carbonyl (C=O) groups excluding carboxylic acids is 1. The highest BCUT2D eigenvalue weighted by molar-refractivity contribution is 7.80. The van der Waals surface area contributed by atoms with Crippen LogP contribution in [0.5, 0.6) is 0 Å². The standard InChI is InChI=1S/C18H30N4OS/c1-4-10-22-16(23)15(13(3)5-2)20-18(22)8-11-21(12-9-18)17(24)19-14-6-7-14/h4,13-15,20H,1,5-12H2,2-3H3,(H,19,24)/t13-,15-/m1/s1. The molecule has 2 aliphatic heterocycles. The minimum atomic E-state index is -0.231. The number of carbonyl (C=O) groups is 1. The van der Waals surface area contributed by atoms with E-state index in [9.17, 15) is 4.79 Å². The number of hydrogen-bond donors (Lipinski definition) is 2. The van der Waals surface area contributed by atoms with Gasteiger partial charge in [-0.1, -0.05) is 26.3 Å². The van der Waals surface area contributed by atoms with Crippen LogP contribution < -0.4 is 10.6 Å². The van der Waals surface area contributed by atoms with E-state index in [1.165, 1.54) is 12.8 Å². The summed E-state index contributed by atoms with van der Waals surface area (Å²) in [5.74, 6) is 0.580. The van der Waals surface area contributed by atoms with Crippen molar-refractivity contribution in [2.24, 2.45) is 5.92 Å². The number of nitrogens with zero attached hydrogens (tertiary/aromatic N) is 2. The van der Waals surface area contributed by atoms with E-state index >= 15 is 0 Å². The predicted molar refractivity (Wildman–Crippen MR) is 101 cm³/mol. The van der Waals surface area contributed by atoms with E-state index in [2.05, 4.69) is 36.0 Å². The molecule has 3 aliphatic rings. The van der Waals surface area contributed by atoms with Gasteiger partial charge >= 0.3 is 0 Å². The van der Waals surface area contributed by atoms with Gasteiger partial charge in [-0.2, -0.15) is 0 Å². The fraction of sp³-hybridized carbons (Fsp3) is 0.778. The molecule has 1 amide bonds. The summed E-state index contributed by atoms with van der Waals surface area (Å²) in [5.41, 5.74) is -0.231. The Morgan fingerprint density at radius 1 is 1.50 bits per heavy atom. The largest absolute Gasteiger partial charge is 0.360 e. The minimum Gasteiger partial charge on any atom is -0.360 e. The maximum absolute atomic E-state index is 12.9. The van der Waals surface area contributed by atoms with Crippen LogP contribution in [-0.2, 0) is 4.79 Å². The third kappa shape index (κ3) is 3.31. The van der Waals surface area contributed by atoms with Gasteiger partial charge in [0.2, 0.25) is 5.91 Å². The average Bonchev–Trinajstić information content (AvgIpc) is 3.36. The van der Waals surface area contributed by atoms with Crippen molar-refractivity contribution in [1.29, 1.82) is 0 Å². The fourth-order valence-corrected chi connectivity index (χ4v) is 4.16. The summed E-state index contributed by atoms with van der Waals surface area (Å²) in [5, 5.41) is 8.00. The van der Waals surface area contributed by atoms with E-state index in [0.717, 1.165) is 37.5 Å². The molecule has 24 heavy (non-hydrogen) atoms. The number of thiocarbonyl (C=S) groups is 1. The molecule has 2 N–H and O–H groups in total. The van der Waals surface area contributed by atoms with E-state index in [1.54, 1.807) is 0 Å². The van der Waals surface area contributed by atoms with Crippen molar-refractivity contribution in [2.45, 2.75) is 63.7 Å². The van der Waals surface area contributed by atoms with Crippen molar-refractivity contribution in [1.82, 2.24) is 20.4 Å². The minimum absolute atomic E-state index is 0.0713. The quantitative estimate of drug-likeness (QED) is 0.585. The molecular weight excluding hydrogens is 320 g/mol. The van der Waals surface area contributed by atoms with Gasteiger partial charge in [-0.25, -0.2) is 0 Å². The Labute approximate surface area is 150 Å². The molecule has 0 unspecified atom stereocenters. The van der Waals surface area contributed by atoms with Crippen molar-refractivity contribution in [2.75, 3.05) is 19.6 Å². The molecule has 0 radical (unpaired) electrons. The lowest BCUT2D eigenvalue weighted by molar-refractivity contribution is -0.133. The first kappa shape index (κ1) is 17.7. The van der Waals surface area contributed by atoms with E-state index in [4.69, 9.17) is 12.2 Å². The highest BCUT2D eigenvalue weighted by Gasteiger charge is 2.52. The van der Waals surface area contributed by atoms with Crippen molar-refractivity contribution in [3.8, 4) is 0 Å².